The summed E-state index contributed by atoms with van der Waals surface area (Å²) in [7, 11) is 3.65. The van der Waals surface area contributed by atoms with Crippen LogP contribution in [0.3, 0.4) is 0 Å². The van der Waals surface area contributed by atoms with Gasteiger partial charge in [-0.25, -0.2) is 9.97 Å². The number of anilines is 1. The third-order valence-corrected chi connectivity index (χ3v) is 6.16. The maximum absolute atomic E-state index is 5.78. The highest BCUT2D eigenvalue weighted by Crippen LogP contribution is 2.38. The van der Waals surface area contributed by atoms with E-state index in [0.29, 0.717) is 19.1 Å². The standard InChI is InChI=1S/C22H29N5O3/c1-23-22-16-4-6-27(13-17(16)25-21(26-22)14-3-5-24-11-14)12-15-9-19-20(10-18(15)28-2)30-8-7-29-19/h9-10,14,24H,3-8,11-13H2,1-2H3,(H,23,25,26)/t14-/m1/s1. The van der Waals surface area contributed by atoms with Gasteiger partial charge in [0.25, 0.3) is 0 Å². The van der Waals surface area contributed by atoms with Crippen molar-refractivity contribution >= 4 is 5.82 Å². The van der Waals surface area contributed by atoms with Gasteiger partial charge in [0, 0.05) is 56.3 Å². The molecule has 0 saturated carbocycles. The average Bonchev–Trinajstić information content (AvgIpc) is 3.32. The van der Waals surface area contributed by atoms with Crippen LogP contribution in [-0.2, 0) is 19.5 Å². The van der Waals surface area contributed by atoms with Crippen molar-refractivity contribution in [2.75, 3.05) is 52.3 Å². The number of nitrogens with one attached hydrogen (secondary N) is 2. The molecule has 1 saturated heterocycles. The van der Waals surface area contributed by atoms with Gasteiger partial charge in [-0.05, 0) is 25.5 Å². The van der Waals surface area contributed by atoms with E-state index in [4.69, 9.17) is 24.2 Å². The Bertz CT molecular complexity index is 929. The van der Waals surface area contributed by atoms with Crippen molar-refractivity contribution in [1.82, 2.24) is 20.2 Å². The van der Waals surface area contributed by atoms with E-state index in [1.165, 1.54) is 5.56 Å². The fourth-order valence-electron chi connectivity index (χ4n) is 4.57. The summed E-state index contributed by atoms with van der Waals surface area (Å²) in [5, 5.41) is 6.72. The molecule has 1 aromatic carbocycles. The maximum Gasteiger partial charge on any atom is 0.165 e. The molecule has 0 bridgehead atoms. The zero-order valence-electron chi connectivity index (χ0n) is 17.7. The number of methoxy groups -OCH3 is 1. The molecule has 0 spiro atoms. The molecule has 0 radical (unpaired) electrons. The molecule has 1 fully saturated rings. The largest absolute Gasteiger partial charge is 0.496 e. The number of hydrogen-bond donors (Lipinski definition) is 2. The first-order valence-corrected chi connectivity index (χ1v) is 10.7. The zero-order valence-corrected chi connectivity index (χ0v) is 17.7. The van der Waals surface area contributed by atoms with Crippen molar-refractivity contribution in [2.45, 2.75) is 31.8 Å². The minimum Gasteiger partial charge on any atom is -0.496 e. The van der Waals surface area contributed by atoms with Crippen LogP contribution >= 0.6 is 0 Å². The molecule has 2 N–H and O–H groups in total. The lowest BCUT2D eigenvalue weighted by Gasteiger charge is -2.30. The van der Waals surface area contributed by atoms with Gasteiger partial charge in [0.15, 0.2) is 11.5 Å². The highest BCUT2D eigenvalue weighted by atomic mass is 16.6. The van der Waals surface area contributed by atoms with Gasteiger partial charge < -0.3 is 24.8 Å². The number of hydrogen-bond acceptors (Lipinski definition) is 8. The monoisotopic (exact) mass is 411 g/mol. The highest BCUT2D eigenvalue weighted by molar-refractivity contribution is 5.52. The fraction of sp³-hybridized carbons (Fsp3) is 0.545. The Balaban J connectivity index is 1.40. The van der Waals surface area contributed by atoms with E-state index in [1.807, 2.05) is 13.1 Å². The van der Waals surface area contributed by atoms with Crippen LogP contribution in [0.2, 0.25) is 0 Å². The maximum atomic E-state index is 5.78. The zero-order chi connectivity index (χ0) is 20.5. The summed E-state index contributed by atoms with van der Waals surface area (Å²) in [5.41, 5.74) is 3.49. The summed E-state index contributed by atoms with van der Waals surface area (Å²) in [4.78, 5) is 12.3. The van der Waals surface area contributed by atoms with Gasteiger partial charge >= 0.3 is 0 Å². The molecular weight excluding hydrogens is 382 g/mol. The Labute approximate surface area is 176 Å². The van der Waals surface area contributed by atoms with E-state index in [-0.39, 0.29) is 0 Å². The van der Waals surface area contributed by atoms with Crippen LogP contribution in [0.1, 0.15) is 35.0 Å². The smallest absolute Gasteiger partial charge is 0.165 e. The van der Waals surface area contributed by atoms with E-state index in [0.717, 1.165) is 85.7 Å². The molecular formula is C22H29N5O3. The molecule has 0 unspecified atom stereocenters. The summed E-state index contributed by atoms with van der Waals surface area (Å²) in [5.74, 6) is 4.73. The first-order chi connectivity index (χ1) is 14.7. The van der Waals surface area contributed by atoms with E-state index in [2.05, 4.69) is 21.6 Å². The fourth-order valence-corrected chi connectivity index (χ4v) is 4.57. The van der Waals surface area contributed by atoms with Gasteiger partial charge in [-0.15, -0.1) is 0 Å². The predicted octanol–water partition coefficient (Wildman–Crippen LogP) is 1.93. The first-order valence-electron chi connectivity index (χ1n) is 10.7. The highest BCUT2D eigenvalue weighted by Gasteiger charge is 2.27. The molecule has 1 aromatic heterocycles. The molecule has 3 aliphatic rings. The summed E-state index contributed by atoms with van der Waals surface area (Å²) >= 11 is 0. The van der Waals surface area contributed by atoms with Crippen LogP contribution in [0.15, 0.2) is 12.1 Å². The topological polar surface area (TPSA) is 80.8 Å². The van der Waals surface area contributed by atoms with Crippen molar-refractivity contribution in [3.8, 4) is 17.2 Å². The van der Waals surface area contributed by atoms with Crippen LogP contribution in [0.25, 0.3) is 0 Å². The molecule has 8 heteroatoms. The van der Waals surface area contributed by atoms with Crippen molar-refractivity contribution in [3.63, 3.8) is 0 Å². The Kier molecular flexibility index (Phi) is 5.35. The van der Waals surface area contributed by atoms with Crippen LogP contribution in [0.4, 0.5) is 5.82 Å². The number of benzene rings is 1. The van der Waals surface area contributed by atoms with Crippen molar-refractivity contribution < 1.29 is 14.2 Å². The summed E-state index contributed by atoms with van der Waals surface area (Å²) in [6.45, 7) is 5.68. The van der Waals surface area contributed by atoms with Crippen LogP contribution in [-0.4, -0.2) is 61.9 Å². The second-order valence-electron chi connectivity index (χ2n) is 8.06. The van der Waals surface area contributed by atoms with Crippen LogP contribution in [0.5, 0.6) is 17.2 Å². The van der Waals surface area contributed by atoms with Crippen molar-refractivity contribution in [2.24, 2.45) is 0 Å². The SMILES string of the molecule is CNc1nc([C@@H]2CCNC2)nc2c1CCN(Cc1cc3c(cc1OC)OCCO3)C2. The molecule has 4 heterocycles. The average molecular weight is 412 g/mol. The van der Waals surface area contributed by atoms with E-state index in [9.17, 15) is 0 Å². The Morgan fingerprint density at radius 1 is 1.23 bits per heavy atom. The molecule has 0 amide bonds. The number of fused-ring (bicyclic) bond motifs is 2. The van der Waals surface area contributed by atoms with Gasteiger partial charge in [0.05, 0.1) is 12.8 Å². The third-order valence-electron chi connectivity index (χ3n) is 6.16. The summed E-state index contributed by atoms with van der Waals surface area (Å²) < 4.78 is 17.1. The molecule has 0 aliphatic carbocycles. The lowest BCUT2D eigenvalue weighted by Crippen LogP contribution is -2.32. The number of ether oxygens (including phenoxy) is 3. The molecule has 30 heavy (non-hydrogen) atoms. The van der Waals surface area contributed by atoms with Crippen molar-refractivity contribution in [3.05, 3.63) is 34.8 Å². The second-order valence-corrected chi connectivity index (χ2v) is 8.06. The molecule has 8 nitrogen and oxygen atoms in total. The molecule has 3 aliphatic heterocycles. The van der Waals surface area contributed by atoms with Gasteiger partial charge in [0.1, 0.15) is 30.6 Å². The van der Waals surface area contributed by atoms with Crippen molar-refractivity contribution in [1.29, 1.82) is 0 Å². The Hall–Kier alpha value is -2.58. The van der Waals surface area contributed by atoms with E-state index < -0.39 is 0 Å². The number of nitrogens with zero attached hydrogens (tertiary/aromatic N) is 3. The number of aromatic nitrogens is 2. The number of rotatable bonds is 5. The third kappa shape index (κ3) is 3.65. The Morgan fingerprint density at radius 2 is 2.07 bits per heavy atom. The van der Waals surface area contributed by atoms with Gasteiger partial charge in [-0.1, -0.05) is 0 Å². The van der Waals surface area contributed by atoms with Gasteiger partial charge in [0.2, 0.25) is 0 Å². The lowest BCUT2D eigenvalue weighted by molar-refractivity contribution is 0.169. The molecule has 2 aromatic rings. The van der Waals surface area contributed by atoms with Gasteiger partial charge in [-0.3, -0.25) is 4.90 Å². The van der Waals surface area contributed by atoms with E-state index >= 15 is 0 Å². The first kappa shape index (κ1) is 19.4. The molecule has 5 rings (SSSR count). The Morgan fingerprint density at radius 3 is 2.80 bits per heavy atom. The predicted molar refractivity (Wildman–Crippen MR) is 114 cm³/mol. The molecule has 160 valence electrons. The van der Waals surface area contributed by atoms with E-state index in [1.54, 1.807) is 7.11 Å². The summed E-state index contributed by atoms with van der Waals surface area (Å²) in [6.07, 6.45) is 2.03. The quantitative estimate of drug-likeness (QED) is 0.773. The van der Waals surface area contributed by atoms with Crippen LogP contribution < -0.4 is 24.8 Å². The molecule has 1 atom stereocenters. The van der Waals surface area contributed by atoms with Crippen LogP contribution in [0, 0.1) is 0 Å². The van der Waals surface area contributed by atoms with Gasteiger partial charge in [-0.2, -0.15) is 0 Å². The normalized spacial score (nSPS) is 20.7. The minimum absolute atomic E-state index is 0.399. The second kappa shape index (κ2) is 8.28. The summed E-state index contributed by atoms with van der Waals surface area (Å²) in [6, 6.07) is 3.99. The lowest BCUT2D eigenvalue weighted by atomic mass is 10.0. The minimum atomic E-state index is 0.399.